The number of nitrogens with two attached hydrogens (primary N) is 2. The molecule has 0 saturated carbocycles. The lowest BCUT2D eigenvalue weighted by Gasteiger charge is -2.25. The van der Waals surface area contributed by atoms with Crippen molar-refractivity contribution in [3.05, 3.63) is 0 Å². The number of rotatable bonds is 5. The molecule has 0 spiro atoms. The van der Waals surface area contributed by atoms with Crippen LogP contribution in [0.5, 0.6) is 0 Å². The lowest BCUT2D eigenvalue weighted by atomic mass is 10.2. The summed E-state index contributed by atoms with van der Waals surface area (Å²) in [6.07, 6.45) is 0. The van der Waals surface area contributed by atoms with E-state index < -0.39 is 18.0 Å². The molecule has 3 amide bonds. The molecule has 5 N–H and O–H groups in total. The van der Waals surface area contributed by atoms with Gasteiger partial charge < -0.3 is 11.5 Å². The Morgan fingerprint density at radius 3 is 2.33 bits per heavy atom. The molecule has 0 radical (unpaired) electrons. The van der Waals surface area contributed by atoms with E-state index in [-0.39, 0.29) is 0 Å². The van der Waals surface area contributed by atoms with Crippen molar-refractivity contribution < 1.29 is 9.59 Å². The summed E-state index contributed by atoms with van der Waals surface area (Å²) < 4.78 is 0. The number of likely N-dealkylation sites (N-methyl/N-ethyl adjacent to an activating group) is 1. The van der Waals surface area contributed by atoms with Gasteiger partial charge in [-0.1, -0.05) is 19.1 Å². The number of nitrogens with zero attached hydrogens (tertiary/aromatic N) is 1. The third-order valence-corrected chi connectivity index (χ3v) is 2.07. The maximum Gasteiger partial charge on any atom is 0.318 e. The predicted molar refractivity (Wildman–Crippen MR) is 61.2 cm³/mol. The van der Waals surface area contributed by atoms with Crippen molar-refractivity contribution in [2.24, 2.45) is 11.5 Å². The molecule has 0 aromatic rings. The Hall–Kier alpha value is -1.21. The van der Waals surface area contributed by atoms with Crippen LogP contribution < -0.4 is 16.8 Å². The molecule has 0 fully saturated rings. The Kier molecular flexibility index (Phi) is 5.80. The third-order valence-electron chi connectivity index (χ3n) is 1.94. The number of primary amides is 1. The average Bonchev–Trinajstić information content (AvgIpc) is 2.11. The molecule has 6 nitrogen and oxygen atoms in total. The normalized spacial score (nSPS) is 12.2. The number of carbonyl (C=O) groups excluding carboxylic acids is 2. The first kappa shape index (κ1) is 13.8. The van der Waals surface area contributed by atoms with E-state index in [0.717, 1.165) is 0 Å². The minimum Gasteiger partial charge on any atom is -0.392 e. The van der Waals surface area contributed by atoms with Gasteiger partial charge in [-0.15, -0.1) is 0 Å². The molecule has 0 aromatic carbocycles. The number of urea groups is 1. The summed E-state index contributed by atoms with van der Waals surface area (Å²) in [6.45, 7) is 4.45. The van der Waals surface area contributed by atoms with Crippen molar-refractivity contribution in [2.75, 3.05) is 13.1 Å². The first-order chi connectivity index (χ1) is 6.88. The molecule has 0 rings (SSSR count). The molecule has 0 heterocycles. The number of hydrogen-bond donors (Lipinski definition) is 3. The number of hydrogen-bond acceptors (Lipinski definition) is 4. The van der Waals surface area contributed by atoms with Crippen molar-refractivity contribution in [1.82, 2.24) is 10.2 Å². The SMILES string of the molecule is CCN(CC(N)=S)C(C)C(=O)NC(N)=O. The Morgan fingerprint density at radius 1 is 1.47 bits per heavy atom. The van der Waals surface area contributed by atoms with Gasteiger partial charge in [-0.2, -0.15) is 0 Å². The quantitative estimate of drug-likeness (QED) is 0.537. The highest BCUT2D eigenvalue weighted by molar-refractivity contribution is 7.80. The van der Waals surface area contributed by atoms with Crippen molar-refractivity contribution in [3.63, 3.8) is 0 Å². The predicted octanol–water partition coefficient (Wildman–Crippen LogP) is -0.822. The molecule has 15 heavy (non-hydrogen) atoms. The molecule has 0 aliphatic heterocycles. The second-order valence-corrected chi connectivity index (χ2v) is 3.58. The molecule has 0 bridgehead atoms. The van der Waals surface area contributed by atoms with Crippen LogP contribution in [0.4, 0.5) is 4.79 Å². The second-order valence-electron chi connectivity index (χ2n) is 3.06. The molecule has 0 aliphatic rings. The van der Waals surface area contributed by atoms with Crippen LogP contribution in [0, 0.1) is 0 Å². The fourth-order valence-electron chi connectivity index (χ4n) is 1.11. The molecule has 0 aliphatic carbocycles. The van der Waals surface area contributed by atoms with E-state index in [4.69, 9.17) is 23.7 Å². The Bertz CT molecular complexity index is 269. The topological polar surface area (TPSA) is 101 Å². The average molecular weight is 232 g/mol. The number of amides is 3. The highest BCUT2D eigenvalue weighted by atomic mass is 32.1. The molecular formula is C8H16N4O2S. The van der Waals surface area contributed by atoms with Crippen molar-refractivity contribution in [3.8, 4) is 0 Å². The Morgan fingerprint density at radius 2 is 2.00 bits per heavy atom. The van der Waals surface area contributed by atoms with Crippen LogP contribution in [0.1, 0.15) is 13.8 Å². The Balaban J connectivity index is 4.36. The number of imide groups is 1. The van der Waals surface area contributed by atoms with Gasteiger partial charge in [0.2, 0.25) is 5.91 Å². The van der Waals surface area contributed by atoms with Gasteiger partial charge >= 0.3 is 6.03 Å². The van der Waals surface area contributed by atoms with E-state index in [1.807, 2.05) is 12.2 Å². The summed E-state index contributed by atoms with van der Waals surface area (Å²) in [5.41, 5.74) is 10.2. The summed E-state index contributed by atoms with van der Waals surface area (Å²) in [7, 11) is 0. The van der Waals surface area contributed by atoms with Gasteiger partial charge in [0.1, 0.15) is 0 Å². The lowest BCUT2D eigenvalue weighted by Crippen LogP contribution is -2.50. The van der Waals surface area contributed by atoms with Crippen LogP contribution in [0.25, 0.3) is 0 Å². The molecule has 86 valence electrons. The fraction of sp³-hybridized carbons (Fsp3) is 0.625. The molecular weight excluding hydrogens is 216 g/mol. The van der Waals surface area contributed by atoms with E-state index in [9.17, 15) is 9.59 Å². The molecule has 1 unspecified atom stereocenters. The van der Waals surface area contributed by atoms with Crippen LogP contribution in [-0.2, 0) is 4.79 Å². The van der Waals surface area contributed by atoms with Gasteiger partial charge in [0, 0.05) is 6.54 Å². The maximum atomic E-state index is 11.4. The standard InChI is InChI=1S/C8H16N4O2S/c1-3-12(4-6(9)15)5(2)7(13)11-8(10)14/h5H,3-4H2,1-2H3,(H2,9,15)(H3,10,11,13,14). The van der Waals surface area contributed by atoms with Gasteiger partial charge in [0.25, 0.3) is 0 Å². The minimum absolute atomic E-state index is 0.301. The minimum atomic E-state index is -0.863. The van der Waals surface area contributed by atoms with Crippen LogP contribution in [0.15, 0.2) is 0 Å². The van der Waals surface area contributed by atoms with Gasteiger partial charge in [-0.05, 0) is 13.5 Å². The maximum absolute atomic E-state index is 11.4. The first-order valence-corrected chi connectivity index (χ1v) is 4.92. The summed E-state index contributed by atoms with van der Waals surface area (Å²) in [4.78, 5) is 23.9. The highest BCUT2D eigenvalue weighted by Crippen LogP contribution is 1.98. The lowest BCUT2D eigenvalue weighted by molar-refractivity contribution is -0.124. The highest BCUT2D eigenvalue weighted by Gasteiger charge is 2.21. The number of nitrogens with one attached hydrogen (secondary N) is 1. The largest absolute Gasteiger partial charge is 0.392 e. The van der Waals surface area contributed by atoms with E-state index in [1.165, 1.54) is 0 Å². The summed E-state index contributed by atoms with van der Waals surface area (Å²) in [5.74, 6) is -0.458. The van der Waals surface area contributed by atoms with Crippen molar-refractivity contribution >= 4 is 29.1 Å². The second kappa shape index (κ2) is 6.31. The summed E-state index contributed by atoms with van der Waals surface area (Å²) in [6, 6.07) is -1.36. The third kappa shape index (κ3) is 5.28. The van der Waals surface area contributed by atoms with Crippen LogP contribution in [0.3, 0.4) is 0 Å². The van der Waals surface area contributed by atoms with Gasteiger partial charge in [-0.25, -0.2) is 4.79 Å². The Labute approximate surface area is 94.0 Å². The summed E-state index contributed by atoms with van der Waals surface area (Å²) in [5, 5.41) is 2.00. The van der Waals surface area contributed by atoms with Crippen LogP contribution in [0.2, 0.25) is 0 Å². The first-order valence-electron chi connectivity index (χ1n) is 4.51. The zero-order valence-corrected chi connectivity index (χ0v) is 9.63. The fourth-order valence-corrected chi connectivity index (χ4v) is 1.28. The van der Waals surface area contributed by atoms with E-state index >= 15 is 0 Å². The monoisotopic (exact) mass is 232 g/mol. The molecule has 1 atom stereocenters. The van der Waals surface area contributed by atoms with Crippen molar-refractivity contribution in [2.45, 2.75) is 19.9 Å². The smallest absolute Gasteiger partial charge is 0.318 e. The van der Waals surface area contributed by atoms with Gasteiger partial charge in [-0.3, -0.25) is 15.0 Å². The molecule has 0 saturated heterocycles. The zero-order valence-electron chi connectivity index (χ0n) is 8.82. The number of thiocarbonyl (C=S) groups is 1. The summed E-state index contributed by atoms with van der Waals surface area (Å²) >= 11 is 4.74. The molecule has 0 aromatic heterocycles. The van der Waals surface area contributed by atoms with E-state index in [2.05, 4.69) is 0 Å². The molecule has 7 heteroatoms. The van der Waals surface area contributed by atoms with Crippen LogP contribution in [-0.4, -0.2) is 41.0 Å². The van der Waals surface area contributed by atoms with Crippen LogP contribution >= 0.6 is 12.2 Å². The van der Waals surface area contributed by atoms with E-state index in [1.54, 1.807) is 11.8 Å². The van der Waals surface area contributed by atoms with Crippen molar-refractivity contribution in [1.29, 1.82) is 0 Å². The van der Waals surface area contributed by atoms with E-state index in [0.29, 0.717) is 18.1 Å². The number of carbonyl (C=O) groups is 2. The van der Waals surface area contributed by atoms with Gasteiger partial charge in [0.05, 0.1) is 11.0 Å². The zero-order chi connectivity index (χ0) is 12.0. The van der Waals surface area contributed by atoms with Gasteiger partial charge in [0.15, 0.2) is 0 Å².